The molecule has 8 heteroatoms. The summed E-state index contributed by atoms with van der Waals surface area (Å²) in [5.74, 6) is -0.435. The van der Waals surface area contributed by atoms with Crippen molar-refractivity contribution in [1.29, 1.82) is 0 Å². The van der Waals surface area contributed by atoms with Crippen LogP contribution in [0.2, 0.25) is 0 Å². The summed E-state index contributed by atoms with van der Waals surface area (Å²) in [4.78, 5) is 16.9. The molecule has 3 aromatic rings. The highest BCUT2D eigenvalue weighted by Gasteiger charge is 2.22. The molecule has 0 spiro atoms. The van der Waals surface area contributed by atoms with Gasteiger partial charge in [-0.3, -0.25) is 9.69 Å². The number of anilines is 1. The van der Waals surface area contributed by atoms with E-state index >= 15 is 0 Å². The zero-order valence-corrected chi connectivity index (χ0v) is 17.5. The second-order valence-electron chi connectivity index (χ2n) is 7.85. The molecule has 158 valence electrons. The minimum Gasteiger partial charge on any atom is -0.381 e. The van der Waals surface area contributed by atoms with Crippen LogP contribution in [0, 0.1) is 5.82 Å². The lowest BCUT2D eigenvalue weighted by molar-refractivity contribution is 0.207. The fraction of sp³-hybridized carbons (Fsp3) is 0.318. The van der Waals surface area contributed by atoms with E-state index in [0.717, 1.165) is 36.7 Å². The van der Waals surface area contributed by atoms with Crippen LogP contribution in [-0.2, 0) is 16.4 Å². The first kappa shape index (κ1) is 20.6. The summed E-state index contributed by atoms with van der Waals surface area (Å²) in [7, 11) is -3.42. The number of piperidine rings is 1. The van der Waals surface area contributed by atoms with Crippen LogP contribution < -0.4 is 10.9 Å². The molecule has 0 aliphatic carbocycles. The number of pyridine rings is 1. The third-order valence-electron chi connectivity index (χ3n) is 5.47. The minimum absolute atomic E-state index is 0.111. The van der Waals surface area contributed by atoms with Crippen molar-refractivity contribution in [3.05, 3.63) is 70.4 Å². The number of hydrogen-bond donors (Lipinski definition) is 2. The molecule has 1 aliphatic rings. The zero-order chi connectivity index (χ0) is 21.3. The van der Waals surface area contributed by atoms with Crippen LogP contribution in [0.25, 0.3) is 10.8 Å². The lowest BCUT2D eigenvalue weighted by Crippen LogP contribution is -2.41. The van der Waals surface area contributed by atoms with Crippen molar-refractivity contribution in [3.63, 3.8) is 0 Å². The third kappa shape index (κ3) is 4.55. The summed E-state index contributed by atoms with van der Waals surface area (Å²) < 4.78 is 37.9. The number of likely N-dealkylation sites (tertiary alicyclic amines) is 1. The number of nitrogens with one attached hydrogen (secondary N) is 2. The molecular formula is C22H24FN3O3S. The standard InChI is InChI=1S/C22H24FN3O3S/c1-30(28,29)21-7-4-17(23)11-16(21)13-26-10-2-3-19(14-26)25-18-5-6-20-15(12-18)8-9-24-22(20)27/h4-9,11-12,19,25H,2-3,10,13-14H2,1H3,(H,24,27). The maximum absolute atomic E-state index is 13.8. The second kappa shape index (κ2) is 8.20. The SMILES string of the molecule is CS(=O)(=O)c1ccc(F)cc1CN1CCCC(Nc2ccc3c(=O)[nH]ccc3c2)C1. The summed E-state index contributed by atoms with van der Waals surface area (Å²) in [6.07, 6.45) is 4.71. The predicted molar refractivity (Wildman–Crippen MR) is 116 cm³/mol. The number of sulfone groups is 1. The zero-order valence-electron chi connectivity index (χ0n) is 16.7. The molecule has 1 fully saturated rings. The molecular weight excluding hydrogens is 405 g/mol. The molecule has 2 aromatic carbocycles. The van der Waals surface area contributed by atoms with Crippen molar-refractivity contribution >= 4 is 26.3 Å². The molecule has 1 aliphatic heterocycles. The average molecular weight is 430 g/mol. The smallest absolute Gasteiger partial charge is 0.255 e. The molecule has 1 saturated heterocycles. The molecule has 0 amide bonds. The summed E-state index contributed by atoms with van der Waals surface area (Å²) >= 11 is 0. The van der Waals surface area contributed by atoms with Gasteiger partial charge in [0.2, 0.25) is 0 Å². The Morgan fingerprint density at radius 2 is 2.03 bits per heavy atom. The van der Waals surface area contributed by atoms with Crippen LogP contribution in [0.5, 0.6) is 0 Å². The van der Waals surface area contributed by atoms with Gasteiger partial charge in [-0.15, -0.1) is 0 Å². The highest BCUT2D eigenvalue weighted by molar-refractivity contribution is 7.90. The molecule has 2 N–H and O–H groups in total. The Balaban J connectivity index is 1.49. The van der Waals surface area contributed by atoms with Crippen molar-refractivity contribution in [2.45, 2.75) is 30.3 Å². The minimum atomic E-state index is -3.42. The number of hydrogen-bond acceptors (Lipinski definition) is 5. The third-order valence-corrected chi connectivity index (χ3v) is 6.66. The van der Waals surface area contributed by atoms with Crippen molar-refractivity contribution in [1.82, 2.24) is 9.88 Å². The number of H-pyrrole nitrogens is 1. The van der Waals surface area contributed by atoms with E-state index in [1.165, 1.54) is 18.2 Å². The van der Waals surface area contributed by atoms with E-state index in [-0.39, 0.29) is 16.5 Å². The fourth-order valence-electron chi connectivity index (χ4n) is 4.11. The van der Waals surface area contributed by atoms with Gasteiger partial charge in [0, 0.05) is 42.7 Å². The molecule has 1 aromatic heterocycles. The Bertz CT molecular complexity index is 1240. The first-order valence-electron chi connectivity index (χ1n) is 9.88. The van der Waals surface area contributed by atoms with Crippen molar-refractivity contribution in [3.8, 4) is 0 Å². The molecule has 1 atom stereocenters. The molecule has 4 rings (SSSR count). The number of aromatic amines is 1. The molecule has 30 heavy (non-hydrogen) atoms. The Hall–Kier alpha value is -2.71. The second-order valence-corrected chi connectivity index (χ2v) is 9.84. The van der Waals surface area contributed by atoms with E-state index in [4.69, 9.17) is 0 Å². The lowest BCUT2D eigenvalue weighted by atomic mass is 10.0. The molecule has 2 heterocycles. The van der Waals surface area contributed by atoms with E-state index < -0.39 is 15.7 Å². The summed E-state index contributed by atoms with van der Waals surface area (Å²) in [5, 5.41) is 5.03. The highest BCUT2D eigenvalue weighted by Crippen LogP contribution is 2.23. The molecule has 0 saturated carbocycles. The van der Waals surface area contributed by atoms with E-state index in [1.54, 1.807) is 6.20 Å². The number of rotatable bonds is 5. The van der Waals surface area contributed by atoms with Gasteiger partial charge in [0.25, 0.3) is 5.56 Å². The normalized spacial score (nSPS) is 17.9. The van der Waals surface area contributed by atoms with Gasteiger partial charge >= 0.3 is 0 Å². The Labute approximate surface area is 174 Å². The maximum atomic E-state index is 13.8. The quantitative estimate of drug-likeness (QED) is 0.609. The van der Waals surface area contributed by atoms with Gasteiger partial charge < -0.3 is 10.3 Å². The first-order chi connectivity index (χ1) is 14.3. The molecule has 1 unspecified atom stereocenters. The Kier molecular flexibility index (Phi) is 5.62. The Morgan fingerprint density at radius 3 is 2.83 bits per heavy atom. The molecule has 0 radical (unpaired) electrons. The summed E-state index contributed by atoms with van der Waals surface area (Å²) in [5.41, 5.74) is 1.31. The fourth-order valence-corrected chi connectivity index (χ4v) is 5.02. The van der Waals surface area contributed by atoms with Crippen molar-refractivity contribution in [2.75, 3.05) is 24.7 Å². The number of benzene rings is 2. The van der Waals surface area contributed by atoms with Crippen molar-refractivity contribution < 1.29 is 12.8 Å². The topological polar surface area (TPSA) is 82.3 Å². The van der Waals surface area contributed by atoms with Crippen LogP contribution in [0.3, 0.4) is 0 Å². The monoisotopic (exact) mass is 429 g/mol. The van der Waals surface area contributed by atoms with Gasteiger partial charge in [-0.2, -0.15) is 0 Å². The average Bonchev–Trinajstić information content (AvgIpc) is 2.67. The van der Waals surface area contributed by atoms with Gasteiger partial charge in [-0.25, -0.2) is 12.8 Å². The highest BCUT2D eigenvalue weighted by atomic mass is 32.2. The van der Waals surface area contributed by atoms with Crippen LogP contribution in [0.15, 0.2) is 58.4 Å². The van der Waals surface area contributed by atoms with Crippen LogP contribution in [0.4, 0.5) is 10.1 Å². The van der Waals surface area contributed by atoms with E-state index in [9.17, 15) is 17.6 Å². The number of nitrogens with zero attached hydrogens (tertiary/aromatic N) is 1. The maximum Gasteiger partial charge on any atom is 0.255 e. The van der Waals surface area contributed by atoms with Gasteiger partial charge in [0.1, 0.15) is 5.82 Å². The molecule has 0 bridgehead atoms. The van der Waals surface area contributed by atoms with Gasteiger partial charge in [0.15, 0.2) is 9.84 Å². The van der Waals surface area contributed by atoms with Gasteiger partial charge in [-0.05, 0) is 72.8 Å². The van der Waals surface area contributed by atoms with Crippen LogP contribution in [0.1, 0.15) is 18.4 Å². The number of aromatic nitrogens is 1. The Morgan fingerprint density at radius 1 is 1.20 bits per heavy atom. The summed E-state index contributed by atoms with van der Waals surface area (Å²) in [6.45, 7) is 1.92. The van der Waals surface area contributed by atoms with Gasteiger partial charge in [-0.1, -0.05) is 0 Å². The van der Waals surface area contributed by atoms with E-state index in [1.807, 2.05) is 24.3 Å². The first-order valence-corrected chi connectivity index (χ1v) is 11.8. The van der Waals surface area contributed by atoms with Crippen LogP contribution in [-0.4, -0.2) is 43.7 Å². The predicted octanol–water partition coefficient (Wildman–Crippen LogP) is 3.15. The van der Waals surface area contributed by atoms with Crippen LogP contribution >= 0.6 is 0 Å². The number of fused-ring (bicyclic) bond motifs is 1. The van der Waals surface area contributed by atoms with E-state index in [0.29, 0.717) is 24.0 Å². The van der Waals surface area contributed by atoms with Gasteiger partial charge in [0.05, 0.1) is 4.90 Å². The molecule has 6 nitrogen and oxygen atoms in total. The lowest BCUT2D eigenvalue weighted by Gasteiger charge is -2.34. The largest absolute Gasteiger partial charge is 0.381 e. The van der Waals surface area contributed by atoms with Crippen molar-refractivity contribution in [2.24, 2.45) is 0 Å². The van der Waals surface area contributed by atoms with E-state index in [2.05, 4.69) is 15.2 Å². The number of halogens is 1. The summed E-state index contributed by atoms with van der Waals surface area (Å²) in [6, 6.07) is 11.5.